The van der Waals surface area contributed by atoms with Crippen LogP contribution in [0.3, 0.4) is 0 Å². The van der Waals surface area contributed by atoms with Crippen LogP contribution >= 0.6 is 11.3 Å². The van der Waals surface area contributed by atoms with Crippen LogP contribution in [0.25, 0.3) is 10.1 Å². The number of fused-ring (bicyclic) bond motifs is 1. The first-order valence-corrected chi connectivity index (χ1v) is 10.3. The minimum Gasteiger partial charge on any atom is -0.489 e. The topological polar surface area (TPSA) is 83.7 Å². The molecule has 2 aromatic heterocycles. The van der Waals surface area contributed by atoms with Crippen molar-refractivity contribution in [1.82, 2.24) is 4.98 Å². The number of ether oxygens (including phenoxy) is 3. The maximum Gasteiger partial charge on any atom is 0.341 e. The molecular formula is C24H24N2O4S. The Hall–Kier alpha value is -3.58. The normalized spacial score (nSPS) is 10.4. The molecule has 0 amide bonds. The lowest BCUT2D eigenvalue weighted by molar-refractivity contribution is 0.0528. The zero-order valence-corrected chi connectivity index (χ0v) is 17.1. The van der Waals surface area contributed by atoms with Crippen molar-refractivity contribution in [3.63, 3.8) is 0 Å². The highest BCUT2D eigenvalue weighted by molar-refractivity contribution is 7.17. The summed E-state index contributed by atoms with van der Waals surface area (Å²) in [6, 6.07) is 17.0. The fourth-order valence-electron chi connectivity index (χ4n) is 3.00. The number of thiophene rings is 1. The van der Waals surface area contributed by atoms with Gasteiger partial charge in [-0.1, -0.05) is 31.7 Å². The summed E-state index contributed by atoms with van der Waals surface area (Å²) in [5.41, 5.74) is 7.37. The van der Waals surface area contributed by atoms with Crippen LogP contribution in [-0.2, 0) is 11.3 Å². The molecule has 2 heterocycles. The lowest BCUT2D eigenvalue weighted by atomic mass is 10.1. The SMILES string of the molecule is C.CCOC(=O)c1cnc(N)c2c(COc3cccc(Oc4ccccc4)c3)csc12. The highest BCUT2D eigenvalue weighted by Crippen LogP contribution is 2.34. The second-order valence-electron chi connectivity index (χ2n) is 6.42. The van der Waals surface area contributed by atoms with Crippen molar-refractivity contribution in [2.75, 3.05) is 12.3 Å². The van der Waals surface area contributed by atoms with E-state index >= 15 is 0 Å². The molecule has 0 atom stereocenters. The Kier molecular flexibility index (Phi) is 7.10. The Labute approximate surface area is 185 Å². The molecule has 7 heteroatoms. The van der Waals surface area contributed by atoms with Crippen LogP contribution in [-0.4, -0.2) is 17.6 Å². The van der Waals surface area contributed by atoms with Gasteiger partial charge in [0.1, 0.15) is 29.7 Å². The fraction of sp³-hybridized carbons (Fsp3) is 0.167. The Bertz CT molecular complexity index is 1170. The third-order valence-electron chi connectivity index (χ3n) is 4.37. The Balaban J connectivity index is 0.00000272. The third-order valence-corrected chi connectivity index (χ3v) is 5.44. The van der Waals surface area contributed by atoms with Gasteiger partial charge in [-0.2, -0.15) is 0 Å². The number of nitrogen functional groups attached to an aromatic ring is 1. The summed E-state index contributed by atoms with van der Waals surface area (Å²) in [7, 11) is 0. The van der Waals surface area contributed by atoms with Gasteiger partial charge in [0, 0.05) is 23.2 Å². The summed E-state index contributed by atoms with van der Waals surface area (Å²) in [4.78, 5) is 16.4. The van der Waals surface area contributed by atoms with Crippen molar-refractivity contribution >= 4 is 33.2 Å². The van der Waals surface area contributed by atoms with E-state index in [1.807, 2.05) is 60.0 Å². The van der Waals surface area contributed by atoms with Gasteiger partial charge in [-0.25, -0.2) is 9.78 Å². The summed E-state index contributed by atoms with van der Waals surface area (Å²) in [5.74, 6) is 2.05. The number of carbonyl (C=O) groups is 1. The first kappa shape index (κ1) is 22.1. The molecule has 0 saturated heterocycles. The smallest absolute Gasteiger partial charge is 0.341 e. The molecule has 0 unspecified atom stereocenters. The fourth-order valence-corrected chi connectivity index (χ4v) is 4.07. The average molecular weight is 437 g/mol. The minimum atomic E-state index is -0.407. The summed E-state index contributed by atoms with van der Waals surface area (Å²) in [6.07, 6.45) is 1.46. The van der Waals surface area contributed by atoms with Crippen molar-refractivity contribution in [1.29, 1.82) is 0 Å². The maximum atomic E-state index is 12.2. The predicted molar refractivity (Wildman–Crippen MR) is 124 cm³/mol. The van der Waals surface area contributed by atoms with Crippen molar-refractivity contribution < 1.29 is 19.0 Å². The molecule has 2 aromatic carbocycles. The third kappa shape index (κ3) is 4.95. The van der Waals surface area contributed by atoms with Crippen LogP contribution in [0, 0.1) is 0 Å². The van der Waals surface area contributed by atoms with E-state index in [-0.39, 0.29) is 14.0 Å². The molecule has 160 valence electrons. The number of aromatic nitrogens is 1. The Morgan fingerprint density at radius 1 is 1.06 bits per heavy atom. The molecule has 0 bridgehead atoms. The van der Waals surface area contributed by atoms with Gasteiger partial charge < -0.3 is 19.9 Å². The van der Waals surface area contributed by atoms with Crippen molar-refractivity contribution in [2.45, 2.75) is 21.0 Å². The summed E-state index contributed by atoms with van der Waals surface area (Å²) >= 11 is 1.42. The number of benzene rings is 2. The van der Waals surface area contributed by atoms with E-state index in [0.29, 0.717) is 29.5 Å². The number of para-hydroxylation sites is 1. The van der Waals surface area contributed by atoms with Gasteiger partial charge in [0.15, 0.2) is 0 Å². The largest absolute Gasteiger partial charge is 0.489 e. The van der Waals surface area contributed by atoms with Crippen LogP contribution in [0.5, 0.6) is 17.2 Å². The molecule has 31 heavy (non-hydrogen) atoms. The van der Waals surface area contributed by atoms with Gasteiger partial charge in [0.2, 0.25) is 0 Å². The molecule has 0 aliphatic heterocycles. The van der Waals surface area contributed by atoms with Crippen molar-refractivity contribution in [3.8, 4) is 17.2 Å². The van der Waals surface area contributed by atoms with E-state index < -0.39 is 5.97 Å². The molecule has 4 rings (SSSR count). The van der Waals surface area contributed by atoms with Gasteiger partial charge in [0.05, 0.1) is 16.9 Å². The van der Waals surface area contributed by atoms with E-state index in [0.717, 1.165) is 21.4 Å². The van der Waals surface area contributed by atoms with Gasteiger partial charge in [-0.3, -0.25) is 0 Å². The summed E-state index contributed by atoms with van der Waals surface area (Å²) in [5, 5.41) is 2.65. The van der Waals surface area contributed by atoms with Gasteiger partial charge in [-0.05, 0) is 36.6 Å². The Morgan fingerprint density at radius 2 is 1.81 bits per heavy atom. The molecule has 2 N–H and O–H groups in total. The van der Waals surface area contributed by atoms with Crippen LogP contribution < -0.4 is 15.2 Å². The summed E-state index contributed by atoms with van der Waals surface area (Å²) in [6.45, 7) is 2.35. The molecule has 0 spiro atoms. The molecule has 0 saturated carbocycles. The second kappa shape index (κ2) is 9.95. The van der Waals surface area contributed by atoms with E-state index in [1.54, 1.807) is 6.92 Å². The number of hydrogen-bond donors (Lipinski definition) is 1. The van der Waals surface area contributed by atoms with Crippen LogP contribution in [0.2, 0.25) is 0 Å². The highest BCUT2D eigenvalue weighted by atomic mass is 32.1. The first-order valence-electron chi connectivity index (χ1n) is 9.43. The number of hydrogen-bond acceptors (Lipinski definition) is 7. The van der Waals surface area contributed by atoms with E-state index in [9.17, 15) is 4.79 Å². The number of pyridine rings is 1. The molecule has 0 radical (unpaired) electrons. The van der Waals surface area contributed by atoms with Gasteiger partial charge in [0.25, 0.3) is 0 Å². The predicted octanol–water partition coefficient (Wildman–Crippen LogP) is 6.06. The van der Waals surface area contributed by atoms with Gasteiger partial charge in [-0.15, -0.1) is 11.3 Å². The Morgan fingerprint density at radius 3 is 2.58 bits per heavy atom. The number of carbonyl (C=O) groups excluding carboxylic acids is 1. The summed E-state index contributed by atoms with van der Waals surface area (Å²) < 4.78 is 17.7. The monoisotopic (exact) mass is 436 g/mol. The molecule has 0 fully saturated rings. The highest BCUT2D eigenvalue weighted by Gasteiger charge is 2.18. The standard InChI is InChI=1S/C23H20N2O4S.CH4/c1-2-27-23(26)19-12-25-22(24)20-15(14-30-21(19)20)13-28-17-9-6-10-18(11-17)29-16-7-4-3-5-8-16;/h3-12,14H,2,13H2,1H3,(H2,24,25);1H4. The first-order chi connectivity index (χ1) is 14.7. The number of esters is 1. The second-order valence-corrected chi connectivity index (χ2v) is 7.30. The van der Waals surface area contributed by atoms with Crippen molar-refractivity contribution in [2.24, 2.45) is 0 Å². The molecule has 0 aliphatic rings. The number of nitrogens with zero attached hydrogens (tertiary/aromatic N) is 1. The maximum absolute atomic E-state index is 12.2. The van der Waals surface area contributed by atoms with Crippen molar-refractivity contribution in [3.05, 3.63) is 77.3 Å². The van der Waals surface area contributed by atoms with E-state index in [1.165, 1.54) is 17.5 Å². The molecule has 4 aromatic rings. The van der Waals surface area contributed by atoms with Gasteiger partial charge >= 0.3 is 5.97 Å². The molecule has 6 nitrogen and oxygen atoms in total. The molecular weight excluding hydrogens is 412 g/mol. The zero-order chi connectivity index (χ0) is 20.9. The van der Waals surface area contributed by atoms with Crippen LogP contribution in [0.1, 0.15) is 30.3 Å². The minimum absolute atomic E-state index is 0. The average Bonchev–Trinajstić information content (AvgIpc) is 3.19. The van der Waals surface area contributed by atoms with Crippen LogP contribution in [0.4, 0.5) is 5.82 Å². The lowest BCUT2D eigenvalue weighted by Gasteiger charge is -2.10. The zero-order valence-electron chi connectivity index (χ0n) is 16.3. The van der Waals surface area contributed by atoms with Crippen LogP contribution in [0.15, 0.2) is 66.2 Å². The number of anilines is 1. The van der Waals surface area contributed by atoms with E-state index in [4.69, 9.17) is 19.9 Å². The lowest BCUT2D eigenvalue weighted by Crippen LogP contribution is -2.06. The number of nitrogens with two attached hydrogens (primary N) is 1. The molecule has 0 aliphatic carbocycles. The van der Waals surface area contributed by atoms with E-state index in [2.05, 4.69) is 4.98 Å². The number of rotatable bonds is 7. The quantitative estimate of drug-likeness (QED) is 0.354.